The molecule has 0 heterocycles. The Morgan fingerprint density at radius 2 is 1.84 bits per heavy atom. The summed E-state index contributed by atoms with van der Waals surface area (Å²) in [5.41, 5.74) is 9.39. The molecule has 0 spiro atoms. The molecule has 19 heavy (non-hydrogen) atoms. The maximum atomic E-state index is 6.00. The van der Waals surface area contributed by atoms with Gasteiger partial charge in [0, 0.05) is 0 Å². The van der Waals surface area contributed by atoms with Crippen LogP contribution in [0.4, 0.5) is 0 Å². The summed E-state index contributed by atoms with van der Waals surface area (Å²) in [7, 11) is 0. The molecule has 2 unspecified atom stereocenters. The van der Waals surface area contributed by atoms with Crippen molar-refractivity contribution in [2.45, 2.75) is 58.8 Å². The second-order valence-corrected chi connectivity index (χ2v) is 7.33. The van der Waals surface area contributed by atoms with Gasteiger partial charge >= 0.3 is 0 Å². The van der Waals surface area contributed by atoms with Gasteiger partial charge in [0.15, 0.2) is 0 Å². The fourth-order valence-electron chi connectivity index (χ4n) is 3.44. The SMILES string of the molecule is CC(C)c1ccc(C2CC(C)(C)CCC2CN)cc1. The van der Waals surface area contributed by atoms with Crippen molar-refractivity contribution in [3.05, 3.63) is 35.4 Å². The molecule has 106 valence electrons. The van der Waals surface area contributed by atoms with E-state index in [9.17, 15) is 0 Å². The molecular weight excluding hydrogens is 230 g/mol. The van der Waals surface area contributed by atoms with Gasteiger partial charge in [-0.2, -0.15) is 0 Å². The van der Waals surface area contributed by atoms with Crippen molar-refractivity contribution in [1.82, 2.24) is 0 Å². The highest BCUT2D eigenvalue weighted by atomic mass is 14.6. The molecule has 0 aromatic heterocycles. The van der Waals surface area contributed by atoms with Crippen LogP contribution in [0, 0.1) is 11.3 Å². The van der Waals surface area contributed by atoms with E-state index < -0.39 is 0 Å². The highest BCUT2D eigenvalue weighted by Crippen LogP contribution is 2.46. The van der Waals surface area contributed by atoms with Gasteiger partial charge < -0.3 is 5.73 Å². The molecule has 0 aliphatic heterocycles. The number of nitrogens with two attached hydrogens (primary N) is 1. The van der Waals surface area contributed by atoms with Crippen molar-refractivity contribution >= 4 is 0 Å². The van der Waals surface area contributed by atoms with Crippen molar-refractivity contribution in [3.63, 3.8) is 0 Å². The van der Waals surface area contributed by atoms with Crippen molar-refractivity contribution in [3.8, 4) is 0 Å². The summed E-state index contributed by atoms with van der Waals surface area (Å²) in [6.45, 7) is 10.1. The summed E-state index contributed by atoms with van der Waals surface area (Å²) in [4.78, 5) is 0. The number of hydrogen-bond donors (Lipinski definition) is 1. The molecule has 2 atom stereocenters. The zero-order valence-corrected chi connectivity index (χ0v) is 12.9. The van der Waals surface area contributed by atoms with Crippen LogP contribution in [0.25, 0.3) is 0 Å². The number of rotatable bonds is 3. The van der Waals surface area contributed by atoms with Crippen molar-refractivity contribution < 1.29 is 0 Å². The van der Waals surface area contributed by atoms with E-state index in [1.54, 1.807) is 0 Å². The minimum absolute atomic E-state index is 0.465. The van der Waals surface area contributed by atoms with Crippen molar-refractivity contribution in [1.29, 1.82) is 0 Å². The van der Waals surface area contributed by atoms with Gasteiger partial charge in [-0.1, -0.05) is 52.0 Å². The van der Waals surface area contributed by atoms with E-state index in [-0.39, 0.29) is 0 Å². The normalized spacial score (nSPS) is 26.6. The zero-order valence-electron chi connectivity index (χ0n) is 12.9. The topological polar surface area (TPSA) is 26.0 Å². The van der Waals surface area contributed by atoms with Crippen LogP contribution in [0.3, 0.4) is 0 Å². The Kier molecular flexibility index (Phi) is 4.35. The van der Waals surface area contributed by atoms with Gasteiger partial charge in [-0.15, -0.1) is 0 Å². The molecule has 2 N–H and O–H groups in total. The summed E-state index contributed by atoms with van der Waals surface area (Å²) >= 11 is 0. The average molecular weight is 259 g/mol. The first kappa shape index (κ1) is 14.6. The third-order valence-corrected chi connectivity index (χ3v) is 4.87. The van der Waals surface area contributed by atoms with Crippen molar-refractivity contribution in [2.24, 2.45) is 17.1 Å². The average Bonchev–Trinajstić information content (AvgIpc) is 2.38. The van der Waals surface area contributed by atoms with E-state index in [1.165, 1.54) is 30.4 Å². The van der Waals surface area contributed by atoms with E-state index in [0.29, 0.717) is 23.2 Å². The second kappa shape index (κ2) is 5.66. The quantitative estimate of drug-likeness (QED) is 0.838. The van der Waals surface area contributed by atoms with Crippen molar-refractivity contribution in [2.75, 3.05) is 6.54 Å². The fraction of sp³-hybridized carbons (Fsp3) is 0.667. The Balaban J connectivity index is 2.21. The van der Waals surface area contributed by atoms with Crippen LogP contribution in [-0.2, 0) is 0 Å². The molecule has 0 amide bonds. The molecule has 1 aliphatic rings. The summed E-state index contributed by atoms with van der Waals surface area (Å²) in [5, 5.41) is 0. The predicted octanol–water partition coefficient (Wildman–Crippen LogP) is 4.68. The summed E-state index contributed by atoms with van der Waals surface area (Å²) in [6.07, 6.45) is 3.87. The predicted molar refractivity (Wildman–Crippen MR) is 83.4 cm³/mol. The molecule has 1 heteroatoms. The number of hydrogen-bond acceptors (Lipinski definition) is 1. The maximum Gasteiger partial charge on any atom is -0.00430 e. The molecule has 1 fully saturated rings. The highest BCUT2D eigenvalue weighted by molar-refractivity contribution is 5.28. The Hall–Kier alpha value is -0.820. The molecule has 1 nitrogen and oxygen atoms in total. The van der Waals surface area contributed by atoms with Crippen LogP contribution >= 0.6 is 0 Å². The van der Waals surface area contributed by atoms with Gasteiger partial charge in [0.2, 0.25) is 0 Å². The summed E-state index contributed by atoms with van der Waals surface area (Å²) in [6, 6.07) is 9.28. The van der Waals surface area contributed by atoms with Gasteiger partial charge in [0.25, 0.3) is 0 Å². The maximum absolute atomic E-state index is 6.00. The minimum Gasteiger partial charge on any atom is -0.330 e. The first-order valence-electron chi connectivity index (χ1n) is 7.73. The van der Waals surface area contributed by atoms with Crippen LogP contribution in [-0.4, -0.2) is 6.54 Å². The molecule has 1 aromatic rings. The summed E-state index contributed by atoms with van der Waals surface area (Å²) < 4.78 is 0. The molecule has 1 saturated carbocycles. The van der Waals surface area contributed by atoms with E-state index in [0.717, 1.165) is 6.54 Å². The van der Waals surface area contributed by atoms with Crippen LogP contribution in [0.1, 0.15) is 69.9 Å². The lowest BCUT2D eigenvalue weighted by Crippen LogP contribution is -2.32. The van der Waals surface area contributed by atoms with Crippen LogP contribution in [0.15, 0.2) is 24.3 Å². The van der Waals surface area contributed by atoms with E-state index in [4.69, 9.17) is 5.73 Å². The lowest BCUT2D eigenvalue weighted by molar-refractivity contribution is 0.165. The largest absolute Gasteiger partial charge is 0.330 e. The molecule has 1 aromatic carbocycles. The first-order valence-corrected chi connectivity index (χ1v) is 7.73. The first-order chi connectivity index (χ1) is 8.93. The third-order valence-electron chi connectivity index (χ3n) is 4.87. The van der Waals surface area contributed by atoms with Gasteiger partial charge in [0.1, 0.15) is 0 Å². The lowest BCUT2D eigenvalue weighted by Gasteiger charge is -2.40. The standard InChI is InChI=1S/C18H29N/c1-13(2)14-5-7-15(8-6-14)17-11-18(3,4)10-9-16(17)12-19/h5-8,13,16-17H,9-12,19H2,1-4H3. The Morgan fingerprint density at radius 1 is 1.21 bits per heavy atom. The van der Waals surface area contributed by atoms with E-state index >= 15 is 0 Å². The molecule has 0 saturated heterocycles. The van der Waals surface area contributed by atoms with Gasteiger partial charge in [0.05, 0.1) is 0 Å². The second-order valence-electron chi connectivity index (χ2n) is 7.33. The monoisotopic (exact) mass is 259 g/mol. The smallest absolute Gasteiger partial charge is 0.00430 e. The van der Waals surface area contributed by atoms with Crippen LogP contribution in [0.5, 0.6) is 0 Å². The Bertz CT molecular complexity index is 402. The summed E-state index contributed by atoms with van der Waals surface area (Å²) in [5.74, 6) is 1.93. The number of benzene rings is 1. The molecule has 2 rings (SSSR count). The van der Waals surface area contributed by atoms with Crippen LogP contribution < -0.4 is 5.73 Å². The van der Waals surface area contributed by atoms with Gasteiger partial charge in [-0.3, -0.25) is 0 Å². The Labute approximate surface area is 118 Å². The van der Waals surface area contributed by atoms with E-state index in [2.05, 4.69) is 52.0 Å². The lowest BCUT2D eigenvalue weighted by atomic mass is 9.65. The minimum atomic E-state index is 0.465. The van der Waals surface area contributed by atoms with Gasteiger partial charge in [-0.05, 0) is 60.1 Å². The zero-order chi connectivity index (χ0) is 14.0. The molecule has 0 bridgehead atoms. The highest BCUT2D eigenvalue weighted by Gasteiger charge is 2.34. The van der Waals surface area contributed by atoms with Gasteiger partial charge in [-0.25, -0.2) is 0 Å². The van der Waals surface area contributed by atoms with Crippen LogP contribution in [0.2, 0.25) is 0 Å². The Morgan fingerprint density at radius 3 is 2.37 bits per heavy atom. The molecule has 0 radical (unpaired) electrons. The fourth-order valence-corrected chi connectivity index (χ4v) is 3.44. The molecular formula is C18H29N. The molecule has 1 aliphatic carbocycles. The van der Waals surface area contributed by atoms with E-state index in [1.807, 2.05) is 0 Å². The third kappa shape index (κ3) is 3.39.